The number of ether oxygens (including phenoxy) is 1. The van der Waals surface area contributed by atoms with Crippen molar-refractivity contribution in [2.45, 2.75) is 52.8 Å². The number of H-pyrrole nitrogens is 1. The van der Waals surface area contributed by atoms with Crippen LogP contribution in [0.3, 0.4) is 0 Å². The third-order valence-corrected chi connectivity index (χ3v) is 4.79. The van der Waals surface area contributed by atoms with Crippen LogP contribution in [-0.4, -0.2) is 17.8 Å². The van der Waals surface area contributed by atoms with E-state index >= 15 is 0 Å². The smallest absolute Gasteiger partial charge is 0.123 e. The summed E-state index contributed by atoms with van der Waals surface area (Å²) in [6, 6.07) is 18.3. The van der Waals surface area contributed by atoms with Gasteiger partial charge in [0.2, 0.25) is 0 Å². The van der Waals surface area contributed by atoms with Crippen LogP contribution in [0.15, 0.2) is 60.8 Å². The number of para-hydroxylation sites is 1. The van der Waals surface area contributed by atoms with Gasteiger partial charge in [-0.25, -0.2) is 4.39 Å². The molecule has 2 unspecified atom stereocenters. The molecular formula is C24H32FNO. The Morgan fingerprint density at radius 3 is 2.37 bits per heavy atom. The molecule has 0 aliphatic rings. The van der Waals surface area contributed by atoms with Gasteiger partial charge in [-0.15, -0.1) is 0 Å². The minimum Gasteiger partial charge on any atom is -0.374 e. The van der Waals surface area contributed by atoms with Crippen molar-refractivity contribution in [1.29, 1.82) is 0 Å². The Bertz CT molecular complexity index is 768. The van der Waals surface area contributed by atoms with Crippen LogP contribution in [0.2, 0.25) is 0 Å². The average Bonchev–Trinajstić information content (AvgIpc) is 3.12. The standard InChI is InChI=1S/C13H17N.C11H15FO/c1-3-10(2)8-11-9-14-13-7-5-4-6-12(11)13;1-2-11(12)9-13-8-10-6-4-3-5-7-10/h4-7,9-10,14H,3,8H2,1-2H3;3-7,11H,2,8-9H2,1H3. The molecule has 1 heterocycles. The SMILES string of the molecule is CCC(C)Cc1c[nH]c2ccccc12.CCC(F)COCc1ccccc1. The monoisotopic (exact) mass is 369 g/mol. The van der Waals surface area contributed by atoms with Crippen LogP contribution in [0, 0.1) is 5.92 Å². The summed E-state index contributed by atoms with van der Waals surface area (Å²) in [6.45, 7) is 7.07. The number of fused-ring (bicyclic) bond motifs is 1. The van der Waals surface area contributed by atoms with Gasteiger partial charge < -0.3 is 9.72 Å². The molecule has 0 fully saturated rings. The largest absolute Gasteiger partial charge is 0.374 e. The Labute approximate surface area is 162 Å². The Morgan fingerprint density at radius 1 is 0.963 bits per heavy atom. The average molecular weight is 370 g/mol. The Morgan fingerprint density at radius 2 is 1.67 bits per heavy atom. The normalized spacial score (nSPS) is 13.0. The van der Waals surface area contributed by atoms with Gasteiger partial charge in [-0.05, 0) is 36.0 Å². The molecule has 0 spiro atoms. The van der Waals surface area contributed by atoms with Gasteiger partial charge in [-0.2, -0.15) is 0 Å². The predicted octanol–water partition coefficient (Wildman–Crippen LogP) is 6.71. The van der Waals surface area contributed by atoms with Crippen molar-refractivity contribution in [3.05, 3.63) is 71.9 Å². The van der Waals surface area contributed by atoms with E-state index in [1.165, 1.54) is 29.3 Å². The van der Waals surface area contributed by atoms with Crippen LogP contribution in [-0.2, 0) is 17.8 Å². The molecule has 27 heavy (non-hydrogen) atoms. The van der Waals surface area contributed by atoms with Crippen molar-refractivity contribution in [3.8, 4) is 0 Å². The Kier molecular flexibility index (Phi) is 9.06. The van der Waals surface area contributed by atoms with Gasteiger partial charge in [0.05, 0.1) is 13.2 Å². The number of aromatic amines is 1. The summed E-state index contributed by atoms with van der Waals surface area (Å²) in [6.07, 6.45) is 4.27. The van der Waals surface area contributed by atoms with Crippen molar-refractivity contribution in [3.63, 3.8) is 0 Å². The van der Waals surface area contributed by atoms with Crippen molar-refractivity contribution >= 4 is 10.9 Å². The molecule has 3 heteroatoms. The topological polar surface area (TPSA) is 25.0 Å². The first-order valence-corrected chi connectivity index (χ1v) is 9.94. The lowest BCUT2D eigenvalue weighted by atomic mass is 9.99. The van der Waals surface area contributed by atoms with Gasteiger partial charge in [0.15, 0.2) is 0 Å². The summed E-state index contributed by atoms with van der Waals surface area (Å²) >= 11 is 0. The van der Waals surface area contributed by atoms with Crippen LogP contribution >= 0.6 is 0 Å². The fraction of sp³-hybridized carbons (Fsp3) is 0.417. The number of halogens is 1. The predicted molar refractivity (Wildman–Crippen MR) is 113 cm³/mol. The van der Waals surface area contributed by atoms with Crippen LogP contribution < -0.4 is 0 Å². The van der Waals surface area contributed by atoms with Crippen LogP contribution in [0.5, 0.6) is 0 Å². The minimum absolute atomic E-state index is 0.200. The maximum atomic E-state index is 12.7. The summed E-state index contributed by atoms with van der Waals surface area (Å²) in [5.41, 5.74) is 3.80. The Hall–Kier alpha value is -2.13. The van der Waals surface area contributed by atoms with E-state index in [1.807, 2.05) is 37.3 Å². The summed E-state index contributed by atoms with van der Waals surface area (Å²) in [7, 11) is 0. The zero-order valence-corrected chi connectivity index (χ0v) is 16.7. The third kappa shape index (κ3) is 7.18. The highest BCUT2D eigenvalue weighted by molar-refractivity contribution is 5.83. The van der Waals surface area contributed by atoms with Crippen molar-refractivity contribution < 1.29 is 9.13 Å². The first kappa shape index (κ1) is 21.2. The highest BCUT2D eigenvalue weighted by Gasteiger charge is 2.06. The first-order chi connectivity index (χ1) is 13.1. The number of benzene rings is 2. The molecule has 2 atom stereocenters. The molecule has 3 aromatic rings. The fourth-order valence-corrected chi connectivity index (χ4v) is 2.82. The fourth-order valence-electron chi connectivity index (χ4n) is 2.82. The summed E-state index contributed by atoms with van der Waals surface area (Å²) in [5.74, 6) is 0.772. The molecule has 3 rings (SSSR count). The summed E-state index contributed by atoms with van der Waals surface area (Å²) < 4.78 is 17.9. The van der Waals surface area contributed by atoms with Crippen molar-refractivity contribution in [2.24, 2.45) is 5.92 Å². The van der Waals surface area contributed by atoms with E-state index in [0.29, 0.717) is 13.0 Å². The molecule has 0 aliphatic carbocycles. The van der Waals surface area contributed by atoms with Crippen LogP contribution in [0.4, 0.5) is 4.39 Å². The number of aromatic nitrogens is 1. The van der Waals surface area contributed by atoms with Crippen LogP contribution in [0.1, 0.15) is 44.7 Å². The molecule has 146 valence electrons. The summed E-state index contributed by atoms with van der Waals surface area (Å²) in [4.78, 5) is 3.32. The highest BCUT2D eigenvalue weighted by atomic mass is 19.1. The molecule has 2 nitrogen and oxygen atoms in total. The first-order valence-electron chi connectivity index (χ1n) is 9.94. The maximum absolute atomic E-state index is 12.7. The van der Waals surface area contributed by atoms with Gasteiger partial charge >= 0.3 is 0 Å². The molecule has 1 aromatic heterocycles. The van der Waals surface area contributed by atoms with E-state index < -0.39 is 6.17 Å². The highest BCUT2D eigenvalue weighted by Crippen LogP contribution is 2.21. The molecule has 0 saturated carbocycles. The second kappa shape index (κ2) is 11.6. The Balaban J connectivity index is 0.000000194. The van der Waals surface area contributed by atoms with Gasteiger partial charge in [0.1, 0.15) is 6.17 Å². The van der Waals surface area contributed by atoms with E-state index in [4.69, 9.17) is 4.74 Å². The lowest BCUT2D eigenvalue weighted by Gasteiger charge is -2.06. The van der Waals surface area contributed by atoms with Crippen molar-refractivity contribution in [1.82, 2.24) is 4.98 Å². The van der Waals surface area contributed by atoms with E-state index in [-0.39, 0.29) is 6.61 Å². The molecular weight excluding hydrogens is 337 g/mol. The minimum atomic E-state index is -0.830. The molecule has 0 bridgehead atoms. The third-order valence-electron chi connectivity index (χ3n) is 4.79. The second-order valence-electron chi connectivity index (χ2n) is 7.08. The maximum Gasteiger partial charge on any atom is 0.123 e. The van der Waals surface area contributed by atoms with Gasteiger partial charge in [0.25, 0.3) is 0 Å². The summed E-state index contributed by atoms with van der Waals surface area (Å²) in [5, 5.41) is 1.38. The number of hydrogen-bond donors (Lipinski definition) is 1. The van der Waals surface area contributed by atoms with Crippen molar-refractivity contribution in [2.75, 3.05) is 6.61 Å². The van der Waals surface area contributed by atoms with E-state index in [0.717, 1.165) is 11.5 Å². The molecule has 1 N–H and O–H groups in total. The van der Waals surface area contributed by atoms with E-state index in [2.05, 4.69) is 49.3 Å². The lowest BCUT2D eigenvalue weighted by molar-refractivity contribution is 0.0683. The van der Waals surface area contributed by atoms with Gasteiger partial charge in [0, 0.05) is 17.1 Å². The second-order valence-corrected chi connectivity index (χ2v) is 7.08. The zero-order valence-electron chi connectivity index (χ0n) is 16.7. The number of rotatable bonds is 8. The molecule has 2 aromatic carbocycles. The van der Waals surface area contributed by atoms with Gasteiger partial charge in [-0.1, -0.05) is 75.7 Å². The molecule has 0 saturated heterocycles. The van der Waals surface area contributed by atoms with Gasteiger partial charge in [-0.3, -0.25) is 0 Å². The quantitative estimate of drug-likeness (QED) is 0.469. The number of alkyl halides is 1. The van der Waals surface area contributed by atoms with E-state index in [9.17, 15) is 4.39 Å². The number of nitrogens with one attached hydrogen (secondary N) is 1. The molecule has 0 amide bonds. The lowest BCUT2D eigenvalue weighted by Crippen LogP contribution is -2.08. The van der Waals surface area contributed by atoms with Crippen LogP contribution in [0.25, 0.3) is 10.9 Å². The molecule has 0 aliphatic heterocycles. The van der Waals surface area contributed by atoms with E-state index in [1.54, 1.807) is 0 Å². The molecule has 0 radical (unpaired) electrons. The number of hydrogen-bond acceptors (Lipinski definition) is 1. The zero-order chi connectivity index (χ0) is 19.5.